The second kappa shape index (κ2) is 7.01. The lowest BCUT2D eigenvalue weighted by molar-refractivity contribution is 0.165. The first-order valence-corrected chi connectivity index (χ1v) is 7.87. The molecule has 0 radical (unpaired) electrons. The van der Waals surface area contributed by atoms with Gasteiger partial charge in [0.05, 0.1) is 11.6 Å². The van der Waals surface area contributed by atoms with Crippen LogP contribution in [-0.2, 0) is 0 Å². The van der Waals surface area contributed by atoms with Crippen molar-refractivity contribution < 1.29 is 5.11 Å². The molecule has 0 aliphatic carbocycles. The average Bonchev–Trinajstić information content (AvgIpc) is 2.81. The molecule has 5 heteroatoms. The van der Waals surface area contributed by atoms with Crippen LogP contribution in [0, 0.1) is 0 Å². The molecule has 1 saturated heterocycles. The highest BCUT2D eigenvalue weighted by Crippen LogP contribution is 2.30. The standard InChI is InChI=1S/C13H17Cl2NOS/c14-10-3-4-12(15)13(8-10)18-7-6-16-5-1-2-11(16)9-17/h3-4,8,11,17H,1-2,5-7,9H2/t11-/m1/s1. The number of thioether (sulfide) groups is 1. The first-order chi connectivity index (χ1) is 8.70. The van der Waals surface area contributed by atoms with E-state index in [4.69, 9.17) is 23.2 Å². The first kappa shape index (κ1) is 14.5. The lowest BCUT2D eigenvalue weighted by atomic mass is 10.2. The maximum atomic E-state index is 9.25. The monoisotopic (exact) mass is 305 g/mol. The number of likely N-dealkylation sites (tertiary alicyclic amines) is 1. The van der Waals surface area contributed by atoms with E-state index in [0.717, 1.165) is 40.2 Å². The Bertz CT molecular complexity index is 403. The predicted octanol–water partition coefficient (Wildman–Crippen LogP) is 3.54. The highest BCUT2D eigenvalue weighted by molar-refractivity contribution is 7.99. The molecule has 1 N–H and O–H groups in total. The second-order valence-electron chi connectivity index (χ2n) is 4.44. The summed E-state index contributed by atoms with van der Waals surface area (Å²) in [4.78, 5) is 3.38. The molecule has 2 rings (SSSR count). The zero-order chi connectivity index (χ0) is 13.0. The molecule has 1 heterocycles. The van der Waals surface area contributed by atoms with Crippen LogP contribution in [0.4, 0.5) is 0 Å². The summed E-state index contributed by atoms with van der Waals surface area (Å²) in [7, 11) is 0. The van der Waals surface area contributed by atoms with E-state index < -0.39 is 0 Å². The minimum Gasteiger partial charge on any atom is -0.395 e. The van der Waals surface area contributed by atoms with Gasteiger partial charge in [0.25, 0.3) is 0 Å². The third-order valence-corrected chi connectivity index (χ3v) is 4.95. The van der Waals surface area contributed by atoms with Crippen molar-refractivity contribution in [2.24, 2.45) is 0 Å². The summed E-state index contributed by atoms with van der Waals surface area (Å²) in [5, 5.41) is 10.7. The smallest absolute Gasteiger partial charge is 0.0586 e. The lowest BCUT2D eigenvalue weighted by Gasteiger charge is -2.22. The van der Waals surface area contributed by atoms with Crippen LogP contribution in [0.15, 0.2) is 23.1 Å². The largest absolute Gasteiger partial charge is 0.395 e. The van der Waals surface area contributed by atoms with E-state index in [9.17, 15) is 5.11 Å². The van der Waals surface area contributed by atoms with Crippen molar-refractivity contribution in [1.82, 2.24) is 4.90 Å². The highest BCUT2D eigenvalue weighted by Gasteiger charge is 2.22. The fourth-order valence-electron chi connectivity index (χ4n) is 2.26. The third kappa shape index (κ3) is 3.78. The molecule has 1 aromatic carbocycles. The number of aliphatic hydroxyl groups excluding tert-OH is 1. The number of benzene rings is 1. The SMILES string of the molecule is OC[C@H]1CCCN1CCSc1cc(Cl)ccc1Cl. The van der Waals surface area contributed by atoms with Crippen molar-refractivity contribution in [3.05, 3.63) is 28.2 Å². The van der Waals surface area contributed by atoms with Crippen LogP contribution < -0.4 is 0 Å². The van der Waals surface area contributed by atoms with Gasteiger partial charge >= 0.3 is 0 Å². The Morgan fingerprint density at radius 3 is 3.00 bits per heavy atom. The summed E-state index contributed by atoms with van der Waals surface area (Å²) in [5.41, 5.74) is 0. The van der Waals surface area contributed by atoms with E-state index in [1.807, 2.05) is 12.1 Å². The van der Waals surface area contributed by atoms with Crippen LogP contribution >= 0.6 is 35.0 Å². The molecule has 1 aliphatic rings. The molecular weight excluding hydrogens is 289 g/mol. The Morgan fingerprint density at radius 1 is 1.39 bits per heavy atom. The Labute approximate surface area is 122 Å². The zero-order valence-electron chi connectivity index (χ0n) is 10.1. The van der Waals surface area contributed by atoms with Crippen LogP contribution in [0.3, 0.4) is 0 Å². The third-order valence-electron chi connectivity index (χ3n) is 3.24. The minimum absolute atomic E-state index is 0.266. The fourth-order valence-corrected chi connectivity index (χ4v) is 3.74. The molecule has 0 unspecified atom stereocenters. The van der Waals surface area contributed by atoms with Gasteiger partial charge in [-0.05, 0) is 37.6 Å². The van der Waals surface area contributed by atoms with Crippen LogP contribution in [0.1, 0.15) is 12.8 Å². The molecule has 2 nitrogen and oxygen atoms in total. The number of halogens is 2. The van der Waals surface area contributed by atoms with Crippen molar-refractivity contribution in [3.63, 3.8) is 0 Å². The molecule has 0 spiro atoms. The summed E-state index contributed by atoms with van der Waals surface area (Å²) >= 11 is 13.8. The van der Waals surface area contributed by atoms with E-state index >= 15 is 0 Å². The number of hydrogen-bond acceptors (Lipinski definition) is 3. The molecule has 0 amide bonds. The summed E-state index contributed by atoms with van der Waals surface area (Å²) < 4.78 is 0. The van der Waals surface area contributed by atoms with E-state index in [-0.39, 0.29) is 6.61 Å². The Kier molecular flexibility index (Phi) is 5.64. The minimum atomic E-state index is 0.266. The molecule has 1 aliphatic heterocycles. The second-order valence-corrected chi connectivity index (χ2v) is 6.42. The van der Waals surface area contributed by atoms with Gasteiger partial charge in [-0.1, -0.05) is 23.2 Å². The van der Waals surface area contributed by atoms with Crippen LogP contribution in [0.2, 0.25) is 10.0 Å². The van der Waals surface area contributed by atoms with Crippen molar-refractivity contribution >= 4 is 35.0 Å². The number of hydrogen-bond donors (Lipinski definition) is 1. The van der Waals surface area contributed by atoms with Gasteiger partial charge in [-0.25, -0.2) is 0 Å². The molecule has 18 heavy (non-hydrogen) atoms. The topological polar surface area (TPSA) is 23.5 Å². The zero-order valence-corrected chi connectivity index (χ0v) is 12.4. The summed E-state index contributed by atoms with van der Waals surface area (Å²) in [5.74, 6) is 0.969. The predicted molar refractivity (Wildman–Crippen MR) is 78.9 cm³/mol. The maximum Gasteiger partial charge on any atom is 0.0586 e. The summed E-state index contributed by atoms with van der Waals surface area (Å²) in [6.45, 7) is 2.34. The molecule has 0 saturated carbocycles. The van der Waals surface area contributed by atoms with E-state index in [0.29, 0.717) is 6.04 Å². The van der Waals surface area contributed by atoms with Gasteiger partial charge in [0.15, 0.2) is 0 Å². The Balaban J connectivity index is 1.83. The van der Waals surface area contributed by atoms with Crippen LogP contribution in [-0.4, -0.2) is 41.5 Å². The van der Waals surface area contributed by atoms with E-state index in [1.165, 1.54) is 6.42 Å². The Morgan fingerprint density at radius 2 is 2.22 bits per heavy atom. The van der Waals surface area contributed by atoms with Gasteiger partial charge in [-0.2, -0.15) is 0 Å². The van der Waals surface area contributed by atoms with Gasteiger partial charge in [0.2, 0.25) is 0 Å². The fraction of sp³-hybridized carbons (Fsp3) is 0.538. The van der Waals surface area contributed by atoms with Gasteiger partial charge < -0.3 is 5.11 Å². The van der Waals surface area contributed by atoms with Gasteiger partial charge in [0, 0.05) is 28.3 Å². The van der Waals surface area contributed by atoms with Gasteiger partial charge in [-0.15, -0.1) is 11.8 Å². The summed E-state index contributed by atoms with van der Waals surface area (Å²) in [6, 6.07) is 5.89. The molecule has 100 valence electrons. The van der Waals surface area contributed by atoms with Crippen molar-refractivity contribution in [3.8, 4) is 0 Å². The summed E-state index contributed by atoms with van der Waals surface area (Å²) in [6.07, 6.45) is 2.30. The molecule has 0 bridgehead atoms. The molecule has 0 aromatic heterocycles. The number of nitrogens with zero attached hydrogens (tertiary/aromatic N) is 1. The normalized spacial score (nSPS) is 20.5. The molecule has 1 atom stereocenters. The molecule has 1 aromatic rings. The van der Waals surface area contributed by atoms with Crippen molar-refractivity contribution in [2.45, 2.75) is 23.8 Å². The molecular formula is C13H17Cl2NOS. The quantitative estimate of drug-likeness (QED) is 0.842. The maximum absolute atomic E-state index is 9.25. The van der Waals surface area contributed by atoms with E-state index in [1.54, 1.807) is 17.8 Å². The van der Waals surface area contributed by atoms with Gasteiger partial charge in [-0.3, -0.25) is 4.90 Å². The van der Waals surface area contributed by atoms with Crippen molar-refractivity contribution in [1.29, 1.82) is 0 Å². The van der Waals surface area contributed by atoms with Crippen LogP contribution in [0.25, 0.3) is 0 Å². The number of rotatable bonds is 5. The first-order valence-electron chi connectivity index (χ1n) is 6.13. The average molecular weight is 306 g/mol. The molecule has 1 fully saturated rings. The number of aliphatic hydroxyl groups is 1. The van der Waals surface area contributed by atoms with Crippen LogP contribution in [0.5, 0.6) is 0 Å². The van der Waals surface area contributed by atoms with E-state index in [2.05, 4.69) is 4.90 Å². The lowest BCUT2D eigenvalue weighted by Crippen LogP contribution is -2.33. The van der Waals surface area contributed by atoms with Crippen molar-refractivity contribution in [2.75, 3.05) is 25.4 Å². The highest BCUT2D eigenvalue weighted by atomic mass is 35.5. The van der Waals surface area contributed by atoms with Gasteiger partial charge in [0.1, 0.15) is 0 Å². The Hall–Kier alpha value is 0.0700.